The van der Waals surface area contributed by atoms with E-state index in [4.69, 9.17) is 0 Å². The second-order valence-corrected chi connectivity index (χ2v) is 9.79. The van der Waals surface area contributed by atoms with Crippen molar-refractivity contribution in [3.63, 3.8) is 0 Å². The average Bonchev–Trinajstić information content (AvgIpc) is 3.48. The van der Waals surface area contributed by atoms with E-state index in [1.807, 2.05) is 25.7 Å². The number of carbonyl (C=O) groups is 1. The molecule has 0 radical (unpaired) electrons. The molecule has 1 aromatic carbocycles. The number of urea groups is 1. The van der Waals surface area contributed by atoms with Crippen LogP contribution in [-0.4, -0.2) is 64.2 Å². The Kier molecular flexibility index (Phi) is 5.47. The van der Waals surface area contributed by atoms with E-state index in [0.717, 1.165) is 56.1 Å². The summed E-state index contributed by atoms with van der Waals surface area (Å²) in [4.78, 5) is 20.8. The number of piperidine rings is 1. The van der Waals surface area contributed by atoms with E-state index in [1.54, 1.807) is 0 Å². The number of aromatic nitrogens is 1. The van der Waals surface area contributed by atoms with Gasteiger partial charge in [-0.2, -0.15) is 0 Å². The molecule has 1 aromatic heterocycles. The van der Waals surface area contributed by atoms with Crippen molar-refractivity contribution in [1.29, 1.82) is 0 Å². The number of hydrogen-bond donors (Lipinski definition) is 3. The van der Waals surface area contributed by atoms with Crippen molar-refractivity contribution < 1.29 is 9.90 Å². The van der Waals surface area contributed by atoms with Gasteiger partial charge in [-0.25, -0.2) is 4.79 Å². The number of H-pyrrole nitrogens is 1. The minimum atomic E-state index is -0.492. The standard InChI is InChI=1S/C25H36N4O2/c1-4-28(5-2)25(31)26-17-11-19-18-7-6-8-21-23(18)20(24(27-21)15(3)30)12-22(19)29(14-17)13-16-9-10-16/h6-8,15-17,19,22,27,30H,4-5,9-14H2,1-3H3,(H,26,31)/t15?,17-,19?,22+/m0/s1. The highest BCUT2D eigenvalue weighted by Crippen LogP contribution is 2.46. The lowest BCUT2D eigenvalue weighted by molar-refractivity contribution is 0.0925. The lowest BCUT2D eigenvalue weighted by Gasteiger charge is -2.47. The number of aromatic amines is 1. The second kappa shape index (κ2) is 8.14. The Morgan fingerprint density at radius 2 is 2.10 bits per heavy atom. The van der Waals surface area contributed by atoms with Crippen LogP contribution in [0.2, 0.25) is 0 Å². The first-order chi connectivity index (χ1) is 15.0. The van der Waals surface area contributed by atoms with Crippen molar-refractivity contribution in [2.45, 2.75) is 70.6 Å². The van der Waals surface area contributed by atoms with Crippen molar-refractivity contribution in [1.82, 2.24) is 20.1 Å². The third-order valence-electron chi connectivity index (χ3n) is 7.72. The third-order valence-corrected chi connectivity index (χ3v) is 7.72. The predicted octanol–water partition coefficient (Wildman–Crippen LogP) is 3.77. The summed E-state index contributed by atoms with van der Waals surface area (Å²) in [5, 5.41) is 15.1. The molecular weight excluding hydrogens is 388 g/mol. The fourth-order valence-corrected chi connectivity index (χ4v) is 5.99. The molecule has 6 heteroatoms. The van der Waals surface area contributed by atoms with Crippen LogP contribution in [0, 0.1) is 5.92 Å². The summed E-state index contributed by atoms with van der Waals surface area (Å²) in [6.07, 6.45) is 4.12. The molecule has 1 aliphatic heterocycles. The van der Waals surface area contributed by atoms with Gasteiger partial charge in [-0.15, -0.1) is 0 Å². The fourth-order valence-electron chi connectivity index (χ4n) is 5.99. The molecule has 5 rings (SSSR count). The van der Waals surface area contributed by atoms with Crippen LogP contribution in [0.1, 0.15) is 68.9 Å². The highest BCUT2D eigenvalue weighted by molar-refractivity contribution is 5.90. The summed E-state index contributed by atoms with van der Waals surface area (Å²) >= 11 is 0. The first kappa shape index (κ1) is 20.8. The summed E-state index contributed by atoms with van der Waals surface area (Å²) in [5.41, 5.74) is 4.79. The molecule has 2 heterocycles. The van der Waals surface area contributed by atoms with Crippen LogP contribution in [0.25, 0.3) is 10.9 Å². The van der Waals surface area contributed by atoms with E-state index in [2.05, 4.69) is 33.4 Å². The molecule has 1 saturated heterocycles. The summed E-state index contributed by atoms with van der Waals surface area (Å²) < 4.78 is 0. The van der Waals surface area contributed by atoms with Gasteiger partial charge in [-0.05, 0) is 69.6 Å². The minimum absolute atomic E-state index is 0.0626. The van der Waals surface area contributed by atoms with Gasteiger partial charge in [0.2, 0.25) is 0 Å². The van der Waals surface area contributed by atoms with Gasteiger partial charge in [0, 0.05) is 60.8 Å². The second-order valence-electron chi connectivity index (χ2n) is 9.79. The largest absolute Gasteiger partial charge is 0.387 e. The predicted molar refractivity (Wildman–Crippen MR) is 123 cm³/mol. The zero-order valence-corrected chi connectivity index (χ0v) is 19.0. The summed E-state index contributed by atoms with van der Waals surface area (Å²) in [6.45, 7) is 9.45. The van der Waals surface area contributed by atoms with E-state index < -0.39 is 6.10 Å². The number of amides is 2. The topological polar surface area (TPSA) is 71.6 Å². The Hall–Kier alpha value is -2.05. The Labute approximate surface area is 185 Å². The minimum Gasteiger partial charge on any atom is -0.387 e. The highest BCUT2D eigenvalue weighted by Gasteiger charge is 2.43. The number of fused-ring (bicyclic) bond motifs is 2. The molecule has 0 spiro atoms. The molecular formula is C25H36N4O2. The van der Waals surface area contributed by atoms with Crippen molar-refractivity contribution in [2.75, 3.05) is 26.2 Å². The molecule has 2 amide bonds. The molecule has 4 atom stereocenters. The number of nitrogens with zero attached hydrogens (tertiary/aromatic N) is 2. The van der Waals surface area contributed by atoms with E-state index in [-0.39, 0.29) is 12.1 Å². The maximum atomic E-state index is 12.8. The Bertz CT molecular complexity index is 960. The summed E-state index contributed by atoms with van der Waals surface area (Å²) in [7, 11) is 0. The number of likely N-dealkylation sites (tertiary alicyclic amines) is 1. The van der Waals surface area contributed by atoms with E-state index in [9.17, 15) is 9.90 Å². The lowest BCUT2D eigenvalue weighted by atomic mass is 9.73. The number of rotatable bonds is 6. The number of hydrogen-bond acceptors (Lipinski definition) is 3. The zero-order chi connectivity index (χ0) is 21.7. The Morgan fingerprint density at radius 3 is 2.77 bits per heavy atom. The molecule has 2 unspecified atom stereocenters. The van der Waals surface area contributed by atoms with Gasteiger partial charge in [0.05, 0.1) is 6.10 Å². The quantitative estimate of drug-likeness (QED) is 0.661. The zero-order valence-electron chi connectivity index (χ0n) is 19.0. The molecule has 168 valence electrons. The van der Waals surface area contributed by atoms with Crippen LogP contribution >= 0.6 is 0 Å². The molecule has 3 aliphatic rings. The first-order valence-corrected chi connectivity index (χ1v) is 12.1. The van der Waals surface area contributed by atoms with Crippen LogP contribution in [0.15, 0.2) is 18.2 Å². The van der Waals surface area contributed by atoms with Crippen LogP contribution in [0.4, 0.5) is 4.79 Å². The number of benzene rings is 1. The maximum Gasteiger partial charge on any atom is 0.317 e. The van der Waals surface area contributed by atoms with Crippen molar-refractivity contribution >= 4 is 16.9 Å². The smallest absolute Gasteiger partial charge is 0.317 e. The molecule has 1 saturated carbocycles. The van der Waals surface area contributed by atoms with Gasteiger partial charge in [0.25, 0.3) is 0 Å². The normalized spacial score (nSPS) is 26.5. The Balaban J connectivity index is 1.49. The number of nitrogens with one attached hydrogen (secondary N) is 2. The molecule has 0 bridgehead atoms. The maximum absolute atomic E-state index is 12.8. The van der Waals surface area contributed by atoms with E-state index >= 15 is 0 Å². The number of aliphatic hydroxyl groups is 1. The molecule has 2 fully saturated rings. The number of aliphatic hydroxyl groups excluding tert-OH is 1. The van der Waals surface area contributed by atoms with Crippen molar-refractivity contribution in [3.05, 3.63) is 35.0 Å². The van der Waals surface area contributed by atoms with Gasteiger partial charge in [0.15, 0.2) is 0 Å². The van der Waals surface area contributed by atoms with E-state index in [0.29, 0.717) is 12.0 Å². The Morgan fingerprint density at radius 1 is 1.32 bits per heavy atom. The van der Waals surface area contributed by atoms with Crippen LogP contribution in [0.5, 0.6) is 0 Å². The van der Waals surface area contributed by atoms with Gasteiger partial charge in [-0.1, -0.05) is 12.1 Å². The molecule has 31 heavy (non-hydrogen) atoms. The van der Waals surface area contributed by atoms with Gasteiger partial charge >= 0.3 is 6.03 Å². The van der Waals surface area contributed by atoms with Crippen molar-refractivity contribution in [3.8, 4) is 0 Å². The highest BCUT2D eigenvalue weighted by atomic mass is 16.3. The van der Waals surface area contributed by atoms with Gasteiger partial charge in [-0.3, -0.25) is 4.90 Å². The third kappa shape index (κ3) is 3.74. The van der Waals surface area contributed by atoms with Gasteiger partial charge in [0.1, 0.15) is 0 Å². The number of carbonyl (C=O) groups excluding carboxylic acids is 1. The average molecular weight is 425 g/mol. The molecule has 2 aromatic rings. The lowest BCUT2D eigenvalue weighted by Crippen LogP contribution is -2.58. The fraction of sp³-hybridized carbons (Fsp3) is 0.640. The molecule has 6 nitrogen and oxygen atoms in total. The summed E-state index contributed by atoms with van der Waals surface area (Å²) in [6, 6.07) is 7.20. The van der Waals surface area contributed by atoms with Gasteiger partial charge < -0.3 is 20.3 Å². The van der Waals surface area contributed by atoms with Crippen LogP contribution in [0.3, 0.4) is 0 Å². The SMILES string of the molecule is CCN(CC)C(=O)N[C@H]1CC2c3cccc4[nH]c(C(C)O)c(c34)C[C@H]2N(CC2CC2)C1. The summed E-state index contributed by atoms with van der Waals surface area (Å²) in [5.74, 6) is 1.21. The van der Waals surface area contributed by atoms with Crippen LogP contribution in [-0.2, 0) is 6.42 Å². The van der Waals surface area contributed by atoms with Crippen molar-refractivity contribution in [2.24, 2.45) is 5.92 Å². The molecule has 3 N–H and O–H groups in total. The first-order valence-electron chi connectivity index (χ1n) is 12.1. The van der Waals surface area contributed by atoms with E-state index in [1.165, 1.54) is 29.4 Å². The monoisotopic (exact) mass is 424 g/mol. The molecule has 2 aliphatic carbocycles. The van der Waals surface area contributed by atoms with Crippen LogP contribution < -0.4 is 5.32 Å².